The van der Waals surface area contributed by atoms with Crippen molar-refractivity contribution < 1.29 is 28.8 Å². The second-order valence-electron chi connectivity index (χ2n) is 13.4. The molecule has 0 bridgehead atoms. The van der Waals surface area contributed by atoms with Crippen LogP contribution in [-0.4, -0.2) is 51.2 Å². The summed E-state index contributed by atoms with van der Waals surface area (Å²) in [6.45, 7) is 21.5. The first-order valence-electron chi connectivity index (χ1n) is 13.2. The summed E-state index contributed by atoms with van der Waals surface area (Å²) in [7, 11) is -1.79. The molecular formula is C26H49NO6Si. The van der Waals surface area contributed by atoms with Crippen LogP contribution in [0.4, 0.5) is 0 Å². The summed E-state index contributed by atoms with van der Waals surface area (Å²) in [4.78, 5) is 24.9. The summed E-state index contributed by atoms with van der Waals surface area (Å²) in [5.74, 6) is -0.994. The summed E-state index contributed by atoms with van der Waals surface area (Å²) in [5.41, 5.74) is 0.0311. The molecular weight excluding hydrogens is 450 g/mol. The van der Waals surface area contributed by atoms with Gasteiger partial charge in [0.15, 0.2) is 11.7 Å². The van der Waals surface area contributed by atoms with Crippen LogP contribution in [0.1, 0.15) is 73.6 Å². The van der Waals surface area contributed by atoms with Gasteiger partial charge in [0.2, 0.25) is 11.7 Å². The number of rotatable bonds is 8. The number of carbonyl (C=O) groups excluding carboxylic acids is 1. The molecule has 2 aliphatic heterocycles. The number of carbonyl (C=O) groups is 1. The van der Waals surface area contributed by atoms with Gasteiger partial charge in [0, 0.05) is 36.6 Å². The van der Waals surface area contributed by atoms with E-state index in [4.69, 9.17) is 24.0 Å². The largest absolute Gasteiger partial charge is 0.356 e. The van der Waals surface area contributed by atoms with Crippen LogP contribution in [0.5, 0.6) is 0 Å². The van der Waals surface area contributed by atoms with E-state index in [-0.39, 0.29) is 29.1 Å². The van der Waals surface area contributed by atoms with Gasteiger partial charge in [-0.2, -0.15) is 4.89 Å². The monoisotopic (exact) mass is 499 g/mol. The Hall–Kier alpha value is -0.513. The van der Waals surface area contributed by atoms with Gasteiger partial charge < -0.3 is 19.5 Å². The highest BCUT2D eigenvalue weighted by molar-refractivity contribution is 6.77. The van der Waals surface area contributed by atoms with Gasteiger partial charge in [0.25, 0.3) is 0 Å². The van der Waals surface area contributed by atoms with Crippen molar-refractivity contribution in [3.8, 4) is 0 Å². The van der Waals surface area contributed by atoms with Crippen LogP contribution in [-0.2, 0) is 28.8 Å². The van der Waals surface area contributed by atoms with Crippen molar-refractivity contribution in [2.24, 2.45) is 29.1 Å². The van der Waals surface area contributed by atoms with E-state index in [0.29, 0.717) is 38.0 Å². The molecule has 0 aromatic rings. The molecule has 2 saturated heterocycles. The third-order valence-electron chi connectivity index (χ3n) is 7.59. The van der Waals surface area contributed by atoms with E-state index < -0.39 is 19.6 Å². The third-order valence-corrected chi connectivity index (χ3v) is 9.22. The second-order valence-corrected chi connectivity index (χ2v) is 18.6. The lowest BCUT2D eigenvalue weighted by atomic mass is 9.67. The third kappa shape index (κ3) is 6.62. The molecule has 0 aromatic carbocycles. The molecule has 2 unspecified atom stereocenters. The summed E-state index contributed by atoms with van der Waals surface area (Å²) in [6.07, 6.45) is 3.87. The zero-order chi connectivity index (χ0) is 25.4. The number of hydrogen-bond acceptors (Lipinski definition) is 6. The highest BCUT2D eigenvalue weighted by Gasteiger charge is 2.60. The Balaban J connectivity index is 1.78. The van der Waals surface area contributed by atoms with E-state index in [1.54, 1.807) is 0 Å². The zero-order valence-corrected chi connectivity index (χ0v) is 24.0. The number of ether oxygens (including phenoxy) is 3. The van der Waals surface area contributed by atoms with Gasteiger partial charge >= 0.3 is 0 Å². The van der Waals surface area contributed by atoms with Gasteiger partial charge in [0.1, 0.15) is 8.07 Å². The highest BCUT2D eigenvalue weighted by Crippen LogP contribution is 2.53. The maximum atomic E-state index is 12.8. The minimum Gasteiger partial charge on any atom is -0.356 e. The molecule has 1 N–H and O–H groups in total. The van der Waals surface area contributed by atoms with E-state index in [1.807, 2.05) is 6.92 Å². The Morgan fingerprint density at radius 1 is 1.09 bits per heavy atom. The van der Waals surface area contributed by atoms with Crippen molar-refractivity contribution in [3.63, 3.8) is 0 Å². The lowest BCUT2D eigenvalue weighted by Gasteiger charge is -2.48. The van der Waals surface area contributed by atoms with Crippen LogP contribution in [0.3, 0.4) is 0 Å². The fourth-order valence-electron chi connectivity index (χ4n) is 5.21. The van der Waals surface area contributed by atoms with Crippen molar-refractivity contribution in [1.29, 1.82) is 0 Å². The lowest BCUT2D eigenvalue weighted by Crippen LogP contribution is -2.55. The zero-order valence-electron chi connectivity index (χ0n) is 23.0. The van der Waals surface area contributed by atoms with Gasteiger partial charge in [-0.3, -0.25) is 4.79 Å². The van der Waals surface area contributed by atoms with Gasteiger partial charge in [-0.15, -0.1) is 0 Å². The summed E-state index contributed by atoms with van der Waals surface area (Å²) < 4.78 is 19.1. The molecule has 5 atom stereocenters. The van der Waals surface area contributed by atoms with Crippen LogP contribution < -0.4 is 5.32 Å². The molecule has 0 aromatic heterocycles. The highest BCUT2D eigenvalue weighted by atomic mass is 28.3. The topological polar surface area (TPSA) is 75.3 Å². The first kappa shape index (κ1) is 28.1. The Bertz CT molecular complexity index is 698. The predicted octanol–water partition coefficient (Wildman–Crippen LogP) is 5.26. The van der Waals surface area contributed by atoms with Crippen LogP contribution in [0.15, 0.2) is 0 Å². The molecule has 7 nitrogen and oxygen atoms in total. The molecule has 3 rings (SSSR count). The van der Waals surface area contributed by atoms with E-state index in [9.17, 15) is 4.79 Å². The van der Waals surface area contributed by atoms with Crippen LogP contribution >= 0.6 is 0 Å². The van der Waals surface area contributed by atoms with Crippen molar-refractivity contribution in [2.45, 2.75) is 111 Å². The smallest absolute Gasteiger partial charge is 0.220 e. The first-order chi connectivity index (χ1) is 15.7. The van der Waals surface area contributed by atoms with E-state index >= 15 is 0 Å². The van der Waals surface area contributed by atoms with Crippen molar-refractivity contribution in [2.75, 3.05) is 19.8 Å². The van der Waals surface area contributed by atoms with Crippen molar-refractivity contribution >= 4 is 14.0 Å². The molecule has 3 aliphatic rings. The van der Waals surface area contributed by atoms with Gasteiger partial charge in [-0.1, -0.05) is 54.3 Å². The number of nitrogens with one attached hydrogen (secondary N) is 1. The normalized spacial score (nSPS) is 35.6. The van der Waals surface area contributed by atoms with Crippen molar-refractivity contribution in [3.05, 3.63) is 0 Å². The maximum absolute atomic E-state index is 12.8. The quantitative estimate of drug-likeness (QED) is 0.363. The lowest BCUT2D eigenvalue weighted by molar-refractivity contribution is -0.370. The van der Waals surface area contributed by atoms with E-state index in [0.717, 1.165) is 25.7 Å². The minimum absolute atomic E-state index is 0.0311. The molecule has 1 amide bonds. The number of hydrogen-bond donors (Lipinski definition) is 1. The SMILES string of the molecule is CC(C)CNC(=O)C[C@@H]1CC[C@@H](C)[C@H](CCC2(C)OCC(C)(C)CO2)C12OOC([Si](C)(C)C)O2. The summed E-state index contributed by atoms with van der Waals surface area (Å²) in [6, 6.07) is 0. The number of amides is 1. The second kappa shape index (κ2) is 10.5. The fourth-order valence-corrected chi connectivity index (χ4v) is 6.09. The van der Waals surface area contributed by atoms with Crippen molar-refractivity contribution in [1.82, 2.24) is 5.32 Å². The van der Waals surface area contributed by atoms with Crippen LogP contribution in [0, 0.1) is 29.1 Å². The molecule has 0 radical (unpaired) electrons. The maximum Gasteiger partial charge on any atom is 0.220 e. The predicted molar refractivity (Wildman–Crippen MR) is 134 cm³/mol. The molecule has 1 aliphatic carbocycles. The molecule has 3 fully saturated rings. The van der Waals surface area contributed by atoms with Gasteiger partial charge in [0.05, 0.1) is 13.2 Å². The molecule has 198 valence electrons. The van der Waals surface area contributed by atoms with Gasteiger partial charge in [-0.05, 0) is 38.0 Å². The molecule has 1 saturated carbocycles. The molecule has 2 heterocycles. The standard InChI is InChI=1S/C26H49NO6Si/c1-18(2)15-27-22(28)14-20-11-10-19(3)21(26(20)31-23(32-33-26)34(7,8)9)12-13-25(6)29-16-24(4,5)17-30-25/h18-21,23H,10-17H2,1-9H3,(H,27,28)/t19-,20+,21+,23?,26?/m1/s1. The average molecular weight is 500 g/mol. The Morgan fingerprint density at radius 2 is 1.74 bits per heavy atom. The van der Waals surface area contributed by atoms with Crippen LogP contribution in [0.25, 0.3) is 0 Å². The molecule has 34 heavy (non-hydrogen) atoms. The average Bonchev–Trinajstić information content (AvgIpc) is 3.18. The molecule has 8 heteroatoms. The molecule has 1 spiro atoms. The summed E-state index contributed by atoms with van der Waals surface area (Å²) >= 11 is 0. The van der Waals surface area contributed by atoms with Gasteiger partial charge in [-0.25, -0.2) is 4.89 Å². The van der Waals surface area contributed by atoms with E-state index in [1.165, 1.54) is 0 Å². The Kier molecular flexibility index (Phi) is 8.64. The Labute approximate surface area is 207 Å². The van der Waals surface area contributed by atoms with E-state index in [2.05, 4.69) is 59.6 Å². The first-order valence-corrected chi connectivity index (χ1v) is 16.8. The summed E-state index contributed by atoms with van der Waals surface area (Å²) in [5, 5.41) is 3.08. The fraction of sp³-hybridized carbons (Fsp3) is 0.962. The Morgan fingerprint density at radius 3 is 2.29 bits per heavy atom. The minimum atomic E-state index is -1.79. The van der Waals surface area contributed by atoms with Crippen LogP contribution in [0.2, 0.25) is 19.6 Å².